The Balaban J connectivity index is 1.29. The summed E-state index contributed by atoms with van der Waals surface area (Å²) in [4.78, 5) is 29.1. The number of nitrogens with zero attached hydrogens (tertiary/aromatic N) is 1. The molecule has 2 aliphatic rings. The first-order valence-electron chi connectivity index (χ1n) is 11.3. The summed E-state index contributed by atoms with van der Waals surface area (Å²) in [6.45, 7) is 0. The highest BCUT2D eigenvalue weighted by atomic mass is 35.5. The van der Waals surface area contributed by atoms with E-state index in [9.17, 15) is 14.0 Å². The molecule has 0 N–H and O–H groups in total. The third-order valence-electron chi connectivity index (χ3n) is 7.56. The first-order valence-corrected chi connectivity index (χ1v) is 11.7. The molecular weight excluding hydrogens is 441 g/mol. The molecule has 170 valence electrons. The number of benzene rings is 2. The molecule has 2 aromatic carbocycles. The van der Waals surface area contributed by atoms with Gasteiger partial charge in [-0.05, 0) is 84.9 Å². The lowest BCUT2D eigenvalue weighted by Crippen LogP contribution is -2.20. The Morgan fingerprint density at radius 2 is 1.88 bits per heavy atom. The molecule has 0 amide bonds. The van der Waals surface area contributed by atoms with Crippen molar-refractivity contribution >= 4 is 34.3 Å². The second-order valence-electron chi connectivity index (χ2n) is 9.40. The minimum atomic E-state index is -0.704. The predicted molar refractivity (Wildman–Crippen MR) is 125 cm³/mol. The van der Waals surface area contributed by atoms with E-state index in [0.717, 1.165) is 48.6 Å². The van der Waals surface area contributed by atoms with Gasteiger partial charge >= 0.3 is 5.97 Å². The van der Waals surface area contributed by atoms with Crippen LogP contribution in [0.25, 0.3) is 10.9 Å². The van der Waals surface area contributed by atoms with Gasteiger partial charge in [-0.3, -0.25) is 9.78 Å². The molecule has 1 aromatic heterocycles. The second kappa shape index (κ2) is 8.53. The molecule has 3 aromatic rings. The van der Waals surface area contributed by atoms with Crippen LogP contribution >= 0.6 is 11.6 Å². The lowest BCUT2D eigenvalue weighted by atomic mass is 9.74. The fourth-order valence-electron chi connectivity index (χ4n) is 5.60. The number of hydrogen-bond acceptors (Lipinski definition) is 4. The largest absolute Gasteiger partial charge is 0.465 e. The maximum atomic E-state index is 14.6. The van der Waals surface area contributed by atoms with E-state index in [4.69, 9.17) is 11.6 Å². The van der Waals surface area contributed by atoms with Crippen LogP contribution in [-0.4, -0.2) is 23.8 Å². The quantitative estimate of drug-likeness (QED) is 0.415. The monoisotopic (exact) mass is 465 g/mol. The van der Waals surface area contributed by atoms with Crippen LogP contribution in [0.3, 0.4) is 0 Å². The molecule has 5 rings (SSSR count). The molecular formula is C27H25ClFNO3. The van der Waals surface area contributed by atoms with Gasteiger partial charge in [-0.25, -0.2) is 9.18 Å². The van der Waals surface area contributed by atoms with E-state index >= 15 is 0 Å². The summed E-state index contributed by atoms with van der Waals surface area (Å²) >= 11 is 5.95. The van der Waals surface area contributed by atoms with Gasteiger partial charge in [0.15, 0.2) is 0 Å². The van der Waals surface area contributed by atoms with Crippen molar-refractivity contribution in [3.05, 3.63) is 76.2 Å². The van der Waals surface area contributed by atoms with Crippen LogP contribution in [0, 0.1) is 17.2 Å². The lowest BCUT2D eigenvalue weighted by molar-refractivity contribution is -0.120. The molecule has 2 fully saturated rings. The molecule has 1 spiro atoms. The van der Waals surface area contributed by atoms with Crippen molar-refractivity contribution in [3.63, 3.8) is 0 Å². The molecule has 0 bridgehead atoms. The minimum Gasteiger partial charge on any atom is -0.465 e. The van der Waals surface area contributed by atoms with Crippen LogP contribution in [0.15, 0.2) is 48.7 Å². The van der Waals surface area contributed by atoms with Crippen molar-refractivity contribution in [2.24, 2.45) is 11.3 Å². The Labute approximate surface area is 197 Å². The molecule has 0 saturated heterocycles. The lowest BCUT2D eigenvalue weighted by Gasteiger charge is -2.30. The van der Waals surface area contributed by atoms with Crippen molar-refractivity contribution < 1.29 is 18.7 Å². The predicted octanol–water partition coefficient (Wildman–Crippen LogP) is 6.29. The van der Waals surface area contributed by atoms with Gasteiger partial charge in [0.05, 0.1) is 18.2 Å². The number of esters is 1. The van der Waals surface area contributed by atoms with Crippen LogP contribution in [-0.2, 0) is 16.0 Å². The number of aromatic nitrogens is 1. The maximum absolute atomic E-state index is 14.6. The zero-order chi connectivity index (χ0) is 23.2. The highest BCUT2D eigenvalue weighted by Crippen LogP contribution is 2.63. The number of methoxy groups -OCH3 is 1. The SMILES string of the molecule is COC(=O)c1cc2nccc(C3CCC4(CC3)CC4C(=O)Cc3ccc(Cl)cc3)c2cc1F. The molecule has 0 aliphatic heterocycles. The van der Waals surface area contributed by atoms with Crippen LogP contribution in [0.1, 0.15) is 59.5 Å². The number of ketones is 1. The van der Waals surface area contributed by atoms with Crippen LogP contribution in [0.5, 0.6) is 0 Å². The van der Waals surface area contributed by atoms with E-state index < -0.39 is 11.8 Å². The van der Waals surface area contributed by atoms with E-state index in [-0.39, 0.29) is 22.8 Å². The molecule has 2 aliphatic carbocycles. The number of rotatable bonds is 5. The average Bonchev–Trinajstić information content (AvgIpc) is 3.53. The van der Waals surface area contributed by atoms with Gasteiger partial charge in [-0.2, -0.15) is 0 Å². The van der Waals surface area contributed by atoms with Crippen molar-refractivity contribution in [1.29, 1.82) is 0 Å². The number of pyridine rings is 1. The third-order valence-corrected chi connectivity index (χ3v) is 7.81. The van der Waals surface area contributed by atoms with Gasteiger partial charge in [0.1, 0.15) is 11.6 Å². The molecule has 4 nitrogen and oxygen atoms in total. The van der Waals surface area contributed by atoms with Crippen molar-refractivity contribution in [2.75, 3.05) is 7.11 Å². The number of hydrogen-bond donors (Lipinski definition) is 0. The van der Waals surface area contributed by atoms with Crippen LogP contribution < -0.4 is 0 Å². The number of Topliss-reactive ketones (excluding diaryl/α,β-unsaturated/α-hetero) is 1. The second-order valence-corrected chi connectivity index (χ2v) is 9.84. The van der Waals surface area contributed by atoms with Crippen molar-refractivity contribution in [3.8, 4) is 0 Å². The molecule has 2 saturated carbocycles. The first kappa shape index (κ1) is 22.0. The van der Waals surface area contributed by atoms with E-state index in [1.54, 1.807) is 6.20 Å². The van der Waals surface area contributed by atoms with Gasteiger partial charge in [-0.1, -0.05) is 23.7 Å². The Bertz CT molecular complexity index is 1230. The Morgan fingerprint density at radius 1 is 1.15 bits per heavy atom. The highest BCUT2D eigenvalue weighted by molar-refractivity contribution is 6.30. The van der Waals surface area contributed by atoms with E-state index in [2.05, 4.69) is 9.72 Å². The Hall–Kier alpha value is -2.79. The van der Waals surface area contributed by atoms with Crippen LogP contribution in [0.2, 0.25) is 5.02 Å². The van der Waals surface area contributed by atoms with Gasteiger partial charge in [-0.15, -0.1) is 0 Å². The Kier molecular flexibility index (Phi) is 5.69. The molecule has 1 heterocycles. The van der Waals surface area contributed by atoms with Crippen molar-refractivity contribution in [1.82, 2.24) is 4.98 Å². The summed E-state index contributed by atoms with van der Waals surface area (Å²) in [6.07, 6.45) is 7.08. The summed E-state index contributed by atoms with van der Waals surface area (Å²) in [5, 5.41) is 1.42. The summed E-state index contributed by atoms with van der Waals surface area (Å²) < 4.78 is 19.3. The molecule has 0 radical (unpaired) electrons. The number of fused-ring (bicyclic) bond motifs is 1. The zero-order valence-corrected chi connectivity index (χ0v) is 19.2. The first-order chi connectivity index (χ1) is 15.9. The highest BCUT2D eigenvalue weighted by Gasteiger charge is 2.57. The number of ether oxygens (including phenoxy) is 1. The van der Waals surface area contributed by atoms with Crippen molar-refractivity contribution in [2.45, 2.75) is 44.4 Å². The summed E-state index contributed by atoms with van der Waals surface area (Å²) in [6, 6.07) is 12.3. The van der Waals surface area contributed by atoms with Gasteiger partial charge in [0, 0.05) is 28.9 Å². The molecule has 1 atom stereocenters. The average molecular weight is 466 g/mol. The maximum Gasteiger partial charge on any atom is 0.340 e. The molecule has 1 unspecified atom stereocenters. The van der Waals surface area contributed by atoms with E-state index in [1.807, 2.05) is 30.3 Å². The summed E-state index contributed by atoms with van der Waals surface area (Å²) in [7, 11) is 1.24. The zero-order valence-electron chi connectivity index (χ0n) is 18.4. The number of halogens is 2. The van der Waals surface area contributed by atoms with Gasteiger partial charge in [0.2, 0.25) is 0 Å². The van der Waals surface area contributed by atoms with E-state index in [1.165, 1.54) is 19.2 Å². The van der Waals surface area contributed by atoms with E-state index in [0.29, 0.717) is 22.7 Å². The summed E-state index contributed by atoms with van der Waals surface area (Å²) in [5.41, 5.74) is 2.70. The number of carbonyl (C=O) groups excluding carboxylic acids is 2. The molecule has 33 heavy (non-hydrogen) atoms. The third kappa shape index (κ3) is 4.15. The fourth-order valence-corrected chi connectivity index (χ4v) is 5.72. The smallest absolute Gasteiger partial charge is 0.340 e. The fraction of sp³-hybridized carbons (Fsp3) is 0.370. The molecule has 6 heteroatoms. The minimum absolute atomic E-state index is 0.0998. The topological polar surface area (TPSA) is 56.3 Å². The van der Waals surface area contributed by atoms with Gasteiger partial charge in [0.25, 0.3) is 0 Å². The Morgan fingerprint density at radius 3 is 2.58 bits per heavy atom. The van der Waals surface area contributed by atoms with Crippen LogP contribution in [0.4, 0.5) is 4.39 Å². The number of carbonyl (C=O) groups is 2. The summed E-state index contributed by atoms with van der Waals surface area (Å²) in [5.74, 6) is -0.543. The van der Waals surface area contributed by atoms with Gasteiger partial charge < -0.3 is 4.74 Å². The standard InChI is InChI=1S/C27H25ClFNO3/c1-33-26(32)21-14-24-20(13-23(21)29)19(8-11-30-24)17-6-9-27(10-7-17)15-22(27)25(31)12-16-2-4-18(28)5-3-16/h2-5,8,11,13-14,17,22H,6-7,9-10,12,15H2,1H3. The normalized spacial score (nSPS) is 24.1.